The van der Waals surface area contributed by atoms with E-state index in [4.69, 9.17) is 4.74 Å². The van der Waals surface area contributed by atoms with Crippen molar-refractivity contribution in [1.82, 2.24) is 19.4 Å². The van der Waals surface area contributed by atoms with Gasteiger partial charge in [0.25, 0.3) is 0 Å². The molecule has 0 unspecified atom stereocenters. The Morgan fingerprint density at radius 3 is 2.43 bits per heavy atom. The van der Waals surface area contributed by atoms with E-state index in [1.165, 1.54) is 0 Å². The highest BCUT2D eigenvalue weighted by atomic mass is 16.6. The number of ether oxygens (including phenoxy) is 1. The maximum Gasteiger partial charge on any atom is 0.411 e. The van der Waals surface area contributed by atoms with Gasteiger partial charge in [0.15, 0.2) is 5.65 Å². The number of imidazole rings is 1. The van der Waals surface area contributed by atoms with E-state index in [1.54, 1.807) is 6.20 Å². The van der Waals surface area contributed by atoms with Crippen molar-refractivity contribution in [1.29, 1.82) is 0 Å². The van der Waals surface area contributed by atoms with Crippen molar-refractivity contribution in [3.05, 3.63) is 64.7 Å². The van der Waals surface area contributed by atoms with E-state index < -0.39 is 5.60 Å². The summed E-state index contributed by atoms with van der Waals surface area (Å²) < 4.78 is 7.61. The van der Waals surface area contributed by atoms with Crippen LogP contribution in [0.1, 0.15) is 57.2 Å². The summed E-state index contributed by atoms with van der Waals surface area (Å²) in [5.74, 6) is 0. The number of amides is 1. The molecule has 3 aromatic rings. The molecule has 7 nitrogen and oxygen atoms in total. The zero-order valence-electron chi connectivity index (χ0n) is 17.2. The Morgan fingerprint density at radius 2 is 1.70 bits per heavy atom. The molecule has 1 N–H and O–H groups in total. The van der Waals surface area contributed by atoms with E-state index >= 15 is 0 Å². The number of pyridine rings is 1. The van der Waals surface area contributed by atoms with E-state index in [0.717, 1.165) is 36.8 Å². The second-order valence-corrected chi connectivity index (χ2v) is 8.83. The van der Waals surface area contributed by atoms with Crippen LogP contribution in [-0.4, -0.2) is 37.2 Å². The number of benzene rings is 1. The van der Waals surface area contributed by atoms with Gasteiger partial charge in [0, 0.05) is 18.3 Å². The summed E-state index contributed by atoms with van der Waals surface area (Å²) in [5.41, 5.74) is 1.85. The highest BCUT2D eigenvalue weighted by Gasteiger charge is 2.51. The van der Waals surface area contributed by atoms with Crippen LogP contribution in [0.5, 0.6) is 0 Å². The number of carbonyl (C=O) groups is 1. The second-order valence-electron chi connectivity index (χ2n) is 8.83. The quantitative estimate of drug-likeness (QED) is 0.708. The van der Waals surface area contributed by atoms with Gasteiger partial charge in [-0.2, -0.15) is 0 Å². The molecule has 1 aliphatic carbocycles. The number of hydrogen-bond acceptors (Lipinski definition) is 4. The predicted octanol–water partition coefficient (Wildman–Crippen LogP) is 4.18. The van der Waals surface area contributed by atoms with Crippen molar-refractivity contribution in [3.63, 3.8) is 0 Å². The molecule has 2 aromatic heterocycles. The van der Waals surface area contributed by atoms with Gasteiger partial charge in [0.1, 0.15) is 5.60 Å². The molecule has 0 radical (unpaired) electrons. The third kappa shape index (κ3) is 3.00. The summed E-state index contributed by atoms with van der Waals surface area (Å²) >= 11 is 0. The first-order valence-corrected chi connectivity index (χ1v) is 10.6. The van der Waals surface area contributed by atoms with Crippen molar-refractivity contribution >= 4 is 17.3 Å². The number of rotatable bonds is 3. The lowest BCUT2D eigenvalue weighted by molar-refractivity contribution is 0.0662. The van der Waals surface area contributed by atoms with Crippen molar-refractivity contribution < 1.29 is 9.53 Å². The van der Waals surface area contributed by atoms with Gasteiger partial charge in [0.2, 0.25) is 0 Å². The predicted molar refractivity (Wildman–Crippen MR) is 113 cm³/mol. The average molecular weight is 406 g/mol. The molecule has 156 valence electrons. The summed E-state index contributed by atoms with van der Waals surface area (Å²) in [5, 5.41) is 0. The smallest absolute Gasteiger partial charge is 0.411 e. The lowest BCUT2D eigenvalue weighted by atomic mass is 9.86. The molecule has 1 aliphatic heterocycles. The SMILES string of the molecule is CC1(C)OC(=O)N([C@H]2CC[C@H](n3c(=O)[nH]c4ncccc43)CC2)[C@@H]1c1ccccc1. The van der Waals surface area contributed by atoms with Gasteiger partial charge in [0.05, 0.1) is 11.6 Å². The second kappa shape index (κ2) is 7.00. The molecule has 1 amide bonds. The fourth-order valence-corrected chi connectivity index (χ4v) is 5.25. The van der Waals surface area contributed by atoms with Crippen LogP contribution in [0.25, 0.3) is 11.2 Å². The Kier molecular flexibility index (Phi) is 4.41. The Hall–Kier alpha value is -3.09. The molecule has 2 aliphatic rings. The van der Waals surface area contributed by atoms with Crippen LogP contribution in [0.2, 0.25) is 0 Å². The third-order valence-electron chi connectivity index (χ3n) is 6.53. The molecule has 30 heavy (non-hydrogen) atoms. The molecule has 1 atom stereocenters. The number of aromatic amines is 1. The number of fused-ring (bicyclic) bond motifs is 1. The molecule has 0 spiro atoms. The van der Waals surface area contributed by atoms with E-state index in [9.17, 15) is 9.59 Å². The zero-order chi connectivity index (χ0) is 20.9. The van der Waals surface area contributed by atoms with E-state index in [-0.39, 0.29) is 29.9 Å². The molecule has 2 fully saturated rings. The van der Waals surface area contributed by atoms with E-state index in [2.05, 4.69) is 22.1 Å². The van der Waals surface area contributed by atoms with Gasteiger partial charge in [-0.05, 0) is 57.2 Å². The van der Waals surface area contributed by atoms with E-state index in [0.29, 0.717) is 5.65 Å². The summed E-state index contributed by atoms with van der Waals surface area (Å²) in [6.45, 7) is 3.96. The molecular formula is C23H26N4O3. The van der Waals surface area contributed by atoms with Crippen LogP contribution in [-0.2, 0) is 4.74 Å². The molecule has 1 aromatic carbocycles. The van der Waals surface area contributed by atoms with Crippen LogP contribution in [0.15, 0.2) is 53.5 Å². The maximum atomic E-state index is 12.8. The number of cyclic esters (lactones) is 1. The Balaban J connectivity index is 1.40. The minimum absolute atomic E-state index is 0.0970. The Bertz CT molecular complexity index is 1130. The fraction of sp³-hybridized carbons (Fsp3) is 0.435. The minimum Gasteiger partial charge on any atom is -0.441 e. The van der Waals surface area contributed by atoms with Crippen LogP contribution in [0.4, 0.5) is 4.79 Å². The lowest BCUT2D eigenvalue weighted by Gasteiger charge is -2.38. The van der Waals surface area contributed by atoms with Crippen LogP contribution >= 0.6 is 0 Å². The topological polar surface area (TPSA) is 80.2 Å². The molecular weight excluding hydrogens is 380 g/mol. The molecule has 1 saturated heterocycles. The average Bonchev–Trinajstić information content (AvgIpc) is 3.20. The fourth-order valence-electron chi connectivity index (χ4n) is 5.25. The number of H-pyrrole nitrogens is 1. The summed E-state index contributed by atoms with van der Waals surface area (Å²) in [7, 11) is 0. The molecule has 5 rings (SSSR count). The minimum atomic E-state index is -0.589. The largest absolute Gasteiger partial charge is 0.441 e. The highest BCUT2D eigenvalue weighted by Crippen LogP contribution is 2.45. The van der Waals surface area contributed by atoms with Gasteiger partial charge in [-0.3, -0.25) is 14.5 Å². The third-order valence-corrected chi connectivity index (χ3v) is 6.53. The maximum absolute atomic E-state index is 12.8. The molecule has 3 heterocycles. The van der Waals surface area contributed by atoms with Gasteiger partial charge in [-0.25, -0.2) is 14.6 Å². The summed E-state index contributed by atoms with van der Waals surface area (Å²) in [6, 6.07) is 14.0. The summed E-state index contributed by atoms with van der Waals surface area (Å²) in [4.78, 5) is 34.4. The highest BCUT2D eigenvalue weighted by molar-refractivity contribution is 5.72. The van der Waals surface area contributed by atoms with Crippen molar-refractivity contribution in [2.75, 3.05) is 0 Å². The van der Waals surface area contributed by atoms with Gasteiger partial charge in [-0.1, -0.05) is 30.3 Å². The van der Waals surface area contributed by atoms with Crippen LogP contribution in [0, 0.1) is 0 Å². The first-order valence-electron chi connectivity index (χ1n) is 10.6. The molecule has 7 heteroatoms. The lowest BCUT2D eigenvalue weighted by Crippen LogP contribution is -2.43. The number of nitrogens with one attached hydrogen (secondary N) is 1. The van der Waals surface area contributed by atoms with Crippen LogP contribution in [0.3, 0.4) is 0 Å². The first-order chi connectivity index (χ1) is 14.5. The Labute approximate surface area is 174 Å². The number of nitrogens with zero attached hydrogens (tertiary/aromatic N) is 3. The molecule has 0 bridgehead atoms. The summed E-state index contributed by atoms with van der Waals surface area (Å²) in [6.07, 6.45) is 4.77. The van der Waals surface area contributed by atoms with Gasteiger partial charge in [-0.15, -0.1) is 0 Å². The zero-order valence-corrected chi connectivity index (χ0v) is 17.2. The van der Waals surface area contributed by atoms with Crippen molar-refractivity contribution in [2.24, 2.45) is 0 Å². The first kappa shape index (κ1) is 18.9. The number of aromatic nitrogens is 3. The van der Waals surface area contributed by atoms with Gasteiger partial charge < -0.3 is 4.74 Å². The van der Waals surface area contributed by atoms with Crippen molar-refractivity contribution in [2.45, 2.75) is 63.3 Å². The monoisotopic (exact) mass is 406 g/mol. The van der Waals surface area contributed by atoms with Crippen molar-refractivity contribution in [3.8, 4) is 0 Å². The van der Waals surface area contributed by atoms with Crippen LogP contribution < -0.4 is 5.69 Å². The standard InChI is InChI=1S/C23H26N4O3/c1-23(2)19(15-7-4-3-5-8-15)27(22(29)30-23)17-12-10-16(11-13-17)26-18-9-6-14-24-20(18)25-21(26)28/h3-9,14,16-17,19H,10-13H2,1-2H3,(H,24,25,28)/t16-,17-,19-/m1/s1. The van der Waals surface area contributed by atoms with Gasteiger partial charge >= 0.3 is 11.8 Å². The number of carbonyl (C=O) groups excluding carboxylic acids is 1. The number of hydrogen-bond donors (Lipinski definition) is 1. The molecule has 1 saturated carbocycles. The Morgan fingerprint density at radius 1 is 1.00 bits per heavy atom. The van der Waals surface area contributed by atoms with E-state index in [1.807, 2.05) is 53.6 Å². The normalized spacial score (nSPS) is 26.1.